The first-order valence-corrected chi connectivity index (χ1v) is 8.84. The molecule has 5 nitrogen and oxygen atoms in total. The molecule has 140 valence electrons. The predicted octanol–water partition coefficient (Wildman–Crippen LogP) is 3.33. The maximum Gasteiger partial charge on any atom is 0.159 e. The van der Waals surface area contributed by atoms with Gasteiger partial charge in [0.05, 0.1) is 24.9 Å². The Kier molecular flexibility index (Phi) is 5.22. The molecule has 1 atom stereocenters. The quantitative estimate of drug-likeness (QED) is 0.668. The molecular formula is C20H20F2N4O. The standard InChI is InChI=1S/C20H20F2N4O/c21-19-4-3-15(8-20(19)22)10-25-11-17-5-7-24-26(17)18(12-25)14-27-13-16-2-1-6-23-9-16/h1-9,18H,10-14H2/t18-/m1/s1. The number of pyridine rings is 1. The molecule has 2 aromatic heterocycles. The highest BCUT2D eigenvalue weighted by atomic mass is 19.2. The van der Waals surface area contributed by atoms with Crippen LogP contribution in [0.3, 0.4) is 0 Å². The third kappa shape index (κ3) is 4.20. The van der Waals surface area contributed by atoms with E-state index in [9.17, 15) is 8.78 Å². The number of fused-ring (bicyclic) bond motifs is 1. The van der Waals surface area contributed by atoms with Crippen LogP contribution in [-0.4, -0.2) is 32.8 Å². The van der Waals surface area contributed by atoms with Crippen molar-refractivity contribution in [2.45, 2.75) is 25.7 Å². The largest absolute Gasteiger partial charge is 0.374 e. The summed E-state index contributed by atoms with van der Waals surface area (Å²) < 4.78 is 34.5. The molecule has 1 aromatic carbocycles. The number of ether oxygens (including phenoxy) is 1. The van der Waals surface area contributed by atoms with E-state index in [1.807, 2.05) is 22.9 Å². The molecule has 0 bridgehead atoms. The van der Waals surface area contributed by atoms with Gasteiger partial charge in [-0.2, -0.15) is 5.10 Å². The van der Waals surface area contributed by atoms with Crippen LogP contribution < -0.4 is 0 Å². The van der Waals surface area contributed by atoms with Gasteiger partial charge in [-0.15, -0.1) is 0 Å². The third-order valence-corrected chi connectivity index (χ3v) is 4.64. The molecule has 0 spiro atoms. The minimum Gasteiger partial charge on any atom is -0.374 e. The zero-order chi connectivity index (χ0) is 18.6. The highest BCUT2D eigenvalue weighted by Crippen LogP contribution is 2.23. The van der Waals surface area contributed by atoms with Crippen LogP contribution in [0.15, 0.2) is 55.0 Å². The monoisotopic (exact) mass is 370 g/mol. The lowest BCUT2D eigenvalue weighted by Crippen LogP contribution is -2.39. The van der Waals surface area contributed by atoms with Crippen molar-refractivity contribution in [3.05, 3.63) is 83.4 Å². The maximum absolute atomic E-state index is 13.5. The Balaban J connectivity index is 1.41. The van der Waals surface area contributed by atoms with Gasteiger partial charge in [-0.05, 0) is 35.4 Å². The number of hydrogen-bond acceptors (Lipinski definition) is 4. The average molecular weight is 370 g/mol. The summed E-state index contributed by atoms with van der Waals surface area (Å²) >= 11 is 0. The maximum atomic E-state index is 13.5. The van der Waals surface area contributed by atoms with Crippen molar-refractivity contribution < 1.29 is 13.5 Å². The summed E-state index contributed by atoms with van der Waals surface area (Å²) in [6.07, 6.45) is 5.30. The fraction of sp³-hybridized carbons (Fsp3) is 0.300. The van der Waals surface area contributed by atoms with Crippen molar-refractivity contribution in [3.8, 4) is 0 Å². The zero-order valence-electron chi connectivity index (χ0n) is 14.8. The predicted molar refractivity (Wildman–Crippen MR) is 95.6 cm³/mol. The number of aromatic nitrogens is 3. The molecule has 3 heterocycles. The summed E-state index contributed by atoms with van der Waals surface area (Å²) in [6.45, 7) is 2.97. The summed E-state index contributed by atoms with van der Waals surface area (Å²) in [6, 6.07) is 9.95. The van der Waals surface area contributed by atoms with Crippen LogP contribution in [0.4, 0.5) is 8.78 Å². The highest BCUT2D eigenvalue weighted by molar-refractivity contribution is 5.18. The van der Waals surface area contributed by atoms with Crippen LogP contribution in [0.25, 0.3) is 0 Å². The molecule has 0 saturated heterocycles. The molecule has 0 radical (unpaired) electrons. The Labute approximate surface area is 156 Å². The molecule has 1 aliphatic rings. The SMILES string of the molecule is Fc1ccc(CN2Cc3ccnn3[C@@H](COCc3cccnc3)C2)cc1F. The van der Waals surface area contributed by atoms with E-state index in [-0.39, 0.29) is 6.04 Å². The van der Waals surface area contributed by atoms with Crippen LogP contribution in [0.2, 0.25) is 0 Å². The van der Waals surface area contributed by atoms with Crippen molar-refractivity contribution in [1.29, 1.82) is 0 Å². The Morgan fingerprint density at radius 3 is 2.81 bits per heavy atom. The van der Waals surface area contributed by atoms with Crippen molar-refractivity contribution in [1.82, 2.24) is 19.7 Å². The molecule has 7 heteroatoms. The van der Waals surface area contributed by atoms with Gasteiger partial charge in [-0.3, -0.25) is 14.6 Å². The molecule has 0 saturated carbocycles. The Morgan fingerprint density at radius 1 is 1.07 bits per heavy atom. The summed E-state index contributed by atoms with van der Waals surface area (Å²) in [4.78, 5) is 6.28. The van der Waals surface area contributed by atoms with Crippen LogP contribution in [0.5, 0.6) is 0 Å². The zero-order valence-corrected chi connectivity index (χ0v) is 14.8. The average Bonchev–Trinajstić information content (AvgIpc) is 3.14. The van der Waals surface area contributed by atoms with E-state index in [0.29, 0.717) is 26.3 Å². The lowest BCUT2D eigenvalue weighted by Gasteiger charge is -2.33. The van der Waals surface area contributed by atoms with Gasteiger partial charge >= 0.3 is 0 Å². The van der Waals surface area contributed by atoms with Crippen LogP contribution in [-0.2, 0) is 24.4 Å². The van der Waals surface area contributed by atoms with Crippen LogP contribution >= 0.6 is 0 Å². The van der Waals surface area contributed by atoms with Gasteiger partial charge in [-0.25, -0.2) is 8.78 Å². The Bertz CT molecular complexity index is 900. The smallest absolute Gasteiger partial charge is 0.159 e. The molecular weight excluding hydrogens is 350 g/mol. The first kappa shape index (κ1) is 17.8. The van der Waals surface area contributed by atoms with Crippen molar-refractivity contribution in [2.24, 2.45) is 0 Å². The number of halogens is 2. The number of benzene rings is 1. The van der Waals surface area contributed by atoms with Gasteiger partial charge in [0.2, 0.25) is 0 Å². The van der Waals surface area contributed by atoms with Crippen molar-refractivity contribution in [2.75, 3.05) is 13.2 Å². The van der Waals surface area contributed by atoms with E-state index in [2.05, 4.69) is 15.0 Å². The van der Waals surface area contributed by atoms with Crippen molar-refractivity contribution in [3.63, 3.8) is 0 Å². The second-order valence-corrected chi connectivity index (χ2v) is 6.72. The van der Waals surface area contributed by atoms with Gasteiger partial charge in [-0.1, -0.05) is 12.1 Å². The number of nitrogens with zero attached hydrogens (tertiary/aromatic N) is 4. The molecule has 0 aliphatic carbocycles. The third-order valence-electron chi connectivity index (χ3n) is 4.64. The van der Waals surface area contributed by atoms with E-state index in [0.717, 1.165) is 23.4 Å². The van der Waals surface area contributed by atoms with Gasteiger partial charge in [0.25, 0.3) is 0 Å². The van der Waals surface area contributed by atoms with E-state index >= 15 is 0 Å². The fourth-order valence-electron chi connectivity index (χ4n) is 3.40. The second-order valence-electron chi connectivity index (χ2n) is 6.72. The number of hydrogen-bond donors (Lipinski definition) is 0. The highest BCUT2D eigenvalue weighted by Gasteiger charge is 2.26. The first-order chi connectivity index (χ1) is 13.2. The van der Waals surface area contributed by atoms with Gasteiger partial charge < -0.3 is 4.74 Å². The Hall–Kier alpha value is -2.64. The molecule has 27 heavy (non-hydrogen) atoms. The fourth-order valence-corrected chi connectivity index (χ4v) is 3.40. The summed E-state index contributed by atoms with van der Waals surface area (Å²) in [5.41, 5.74) is 2.85. The van der Waals surface area contributed by atoms with E-state index in [4.69, 9.17) is 4.74 Å². The van der Waals surface area contributed by atoms with Gasteiger partial charge in [0.15, 0.2) is 11.6 Å². The topological polar surface area (TPSA) is 43.2 Å². The lowest BCUT2D eigenvalue weighted by atomic mass is 10.1. The van der Waals surface area contributed by atoms with Gasteiger partial charge in [0.1, 0.15) is 0 Å². The Morgan fingerprint density at radius 2 is 2.00 bits per heavy atom. The summed E-state index contributed by atoms with van der Waals surface area (Å²) in [5, 5.41) is 4.42. The molecule has 0 unspecified atom stereocenters. The minimum absolute atomic E-state index is 0.0608. The summed E-state index contributed by atoms with van der Waals surface area (Å²) in [5.74, 6) is -1.64. The molecule has 3 aromatic rings. The van der Waals surface area contributed by atoms with E-state index < -0.39 is 11.6 Å². The van der Waals surface area contributed by atoms with E-state index in [1.165, 1.54) is 12.1 Å². The van der Waals surface area contributed by atoms with Crippen LogP contribution in [0, 0.1) is 11.6 Å². The summed E-state index contributed by atoms with van der Waals surface area (Å²) in [7, 11) is 0. The van der Waals surface area contributed by atoms with E-state index in [1.54, 1.807) is 24.7 Å². The molecule has 0 amide bonds. The van der Waals surface area contributed by atoms with Crippen LogP contribution in [0.1, 0.15) is 22.9 Å². The molecule has 4 rings (SSSR count). The normalized spacial score (nSPS) is 17.0. The lowest BCUT2D eigenvalue weighted by molar-refractivity contribution is 0.0532. The molecule has 0 N–H and O–H groups in total. The minimum atomic E-state index is -0.822. The molecule has 0 fully saturated rings. The van der Waals surface area contributed by atoms with Crippen molar-refractivity contribution >= 4 is 0 Å². The molecule has 1 aliphatic heterocycles. The number of rotatable bonds is 6. The van der Waals surface area contributed by atoms with Gasteiger partial charge in [0, 0.05) is 38.2 Å². The second kappa shape index (κ2) is 7.94. The first-order valence-electron chi connectivity index (χ1n) is 8.84.